The summed E-state index contributed by atoms with van der Waals surface area (Å²) in [4.78, 5) is 28.7. The molecule has 1 heterocycles. The molecule has 1 saturated carbocycles. The highest BCUT2D eigenvalue weighted by Gasteiger charge is 2.44. The largest absolute Gasteiger partial charge is 0.465 e. The Bertz CT molecular complexity index is 761. The molecular weight excluding hydrogens is 390 g/mol. The number of likely N-dealkylation sites (N-methyl/N-ethyl adjacent to an activating group) is 1. The molecule has 0 bridgehead atoms. The van der Waals surface area contributed by atoms with Gasteiger partial charge in [0.15, 0.2) is 0 Å². The molecule has 172 valence electrons. The van der Waals surface area contributed by atoms with Crippen molar-refractivity contribution < 1.29 is 14.7 Å². The predicted octanol–water partition coefficient (Wildman–Crippen LogP) is 4.06. The van der Waals surface area contributed by atoms with Gasteiger partial charge in [-0.3, -0.25) is 14.6 Å². The average Bonchev–Trinajstić information content (AvgIpc) is 3.22. The number of fused-ring (bicyclic) bond motifs is 1. The number of carbonyl (C=O) groups is 2. The van der Waals surface area contributed by atoms with Crippen LogP contribution in [-0.2, 0) is 11.3 Å². The van der Waals surface area contributed by atoms with E-state index in [0.29, 0.717) is 11.8 Å². The molecule has 6 nitrogen and oxygen atoms in total. The second-order valence-electron chi connectivity index (χ2n) is 10.9. The van der Waals surface area contributed by atoms with Crippen LogP contribution in [0.1, 0.15) is 52.5 Å². The SMILES string of the molecule is C[C@@H](CC(C)(C)C)C(C(=O)N[C@@H]1CC[C@H]2CN(Cc3ccccc3)C[C@H]21)N(C)C(=O)O. The number of nitrogens with zero attached hydrogens (tertiary/aromatic N) is 2. The number of rotatable bonds is 7. The van der Waals surface area contributed by atoms with Crippen molar-refractivity contribution in [3.8, 4) is 0 Å². The first-order chi connectivity index (χ1) is 14.5. The van der Waals surface area contributed by atoms with Crippen LogP contribution in [0.15, 0.2) is 30.3 Å². The van der Waals surface area contributed by atoms with Gasteiger partial charge in [0.2, 0.25) is 5.91 Å². The van der Waals surface area contributed by atoms with Gasteiger partial charge in [0, 0.05) is 32.7 Å². The van der Waals surface area contributed by atoms with Crippen molar-refractivity contribution in [2.24, 2.45) is 23.2 Å². The van der Waals surface area contributed by atoms with Gasteiger partial charge in [0.1, 0.15) is 6.04 Å². The molecule has 2 fully saturated rings. The molecule has 2 aliphatic rings. The fraction of sp³-hybridized carbons (Fsp3) is 0.680. The minimum Gasteiger partial charge on any atom is -0.465 e. The lowest BCUT2D eigenvalue weighted by atomic mass is 9.81. The van der Waals surface area contributed by atoms with Gasteiger partial charge in [0.05, 0.1) is 0 Å². The van der Waals surface area contributed by atoms with E-state index in [4.69, 9.17) is 0 Å². The predicted molar refractivity (Wildman–Crippen MR) is 123 cm³/mol. The van der Waals surface area contributed by atoms with Crippen LogP contribution in [0.5, 0.6) is 0 Å². The van der Waals surface area contributed by atoms with Gasteiger partial charge in [-0.15, -0.1) is 0 Å². The van der Waals surface area contributed by atoms with Crippen molar-refractivity contribution in [2.45, 2.75) is 65.6 Å². The van der Waals surface area contributed by atoms with Crippen molar-refractivity contribution >= 4 is 12.0 Å². The number of hydrogen-bond acceptors (Lipinski definition) is 3. The number of carbonyl (C=O) groups excluding carboxylic acids is 1. The molecular formula is C25H39N3O3. The number of hydrogen-bond donors (Lipinski definition) is 2. The van der Waals surface area contributed by atoms with Crippen molar-refractivity contribution in [1.82, 2.24) is 15.1 Å². The van der Waals surface area contributed by atoms with Crippen LogP contribution < -0.4 is 5.32 Å². The van der Waals surface area contributed by atoms with E-state index in [1.165, 1.54) is 17.5 Å². The summed E-state index contributed by atoms with van der Waals surface area (Å²) in [5.41, 5.74) is 1.35. The van der Waals surface area contributed by atoms with Crippen LogP contribution in [0, 0.1) is 23.2 Å². The van der Waals surface area contributed by atoms with Gasteiger partial charge in [-0.2, -0.15) is 0 Å². The number of amides is 2. The van der Waals surface area contributed by atoms with Gasteiger partial charge >= 0.3 is 6.09 Å². The van der Waals surface area contributed by atoms with E-state index in [0.717, 1.165) is 38.9 Å². The Labute approximate surface area is 187 Å². The topological polar surface area (TPSA) is 72.9 Å². The van der Waals surface area contributed by atoms with E-state index in [1.54, 1.807) is 0 Å². The second kappa shape index (κ2) is 9.60. The highest BCUT2D eigenvalue weighted by molar-refractivity contribution is 5.85. The molecule has 0 radical (unpaired) electrons. The zero-order valence-electron chi connectivity index (χ0n) is 19.7. The van der Waals surface area contributed by atoms with E-state index >= 15 is 0 Å². The third kappa shape index (κ3) is 6.00. The Hall–Kier alpha value is -2.08. The van der Waals surface area contributed by atoms with Crippen LogP contribution in [0.2, 0.25) is 0 Å². The van der Waals surface area contributed by atoms with Gasteiger partial charge in [0.25, 0.3) is 0 Å². The van der Waals surface area contributed by atoms with E-state index in [1.807, 2.05) is 13.0 Å². The van der Waals surface area contributed by atoms with Crippen LogP contribution in [-0.4, -0.2) is 59.1 Å². The van der Waals surface area contributed by atoms with Gasteiger partial charge in [-0.05, 0) is 48.0 Å². The standard InChI is InChI=1S/C25H39N3O3/c1-17(13-25(2,3)4)22(27(5)24(30)31)23(29)26-21-12-11-19-15-28(16-20(19)21)14-18-9-7-6-8-10-18/h6-10,17,19-22H,11-16H2,1-5H3,(H,26,29)(H,30,31)/t17-,19-,20+,21+,22?/m0/s1. The minimum absolute atomic E-state index is 0.0269. The molecule has 2 N–H and O–H groups in total. The maximum Gasteiger partial charge on any atom is 0.407 e. The van der Waals surface area contributed by atoms with Crippen molar-refractivity contribution in [2.75, 3.05) is 20.1 Å². The minimum atomic E-state index is -1.06. The number of carboxylic acid groups (broad SMARTS) is 1. The zero-order chi connectivity index (χ0) is 22.8. The lowest BCUT2D eigenvalue weighted by Crippen LogP contribution is -2.54. The first-order valence-electron chi connectivity index (χ1n) is 11.6. The summed E-state index contributed by atoms with van der Waals surface area (Å²) in [5, 5.41) is 12.8. The van der Waals surface area contributed by atoms with Gasteiger partial charge < -0.3 is 10.4 Å². The Morgan fingerprint density at radius 3 is 2.48 bits per heavy atom. The monoisotopic (exact) mass is 429 g/mol. The van der Waals surface area contributed by atoms with Crippen LogP contribution in [0.3, 0.4) is 0 Å². The number of nitrogens with one attached hydrogen (secondary N) is 1. The molecule has 1 unspecified atom stereocenters. The van der Waals surface area contributed by atoms with E-state index in [2.05, 4.69) is 55.3 Å². The first kappa shape index (κ1) is 23.6. The maximum absolute atomic E-state index is 13.3. The highest BCUT2D eigenvalue weighted by atomic mass is 16.4. The summed E-state index contributed by atoms with van der Waals surface area (Å²) in [6.45, 7) is 11.4. The second-order valence-corrected chi connectivity index (χ2v) is 10.9. The first-order valence-corrected chi connectivity index (χ1v) is 11.6. The summed E-state index contributed by atoms with van der Waals surface area (Å²) in [5.74, 6) is 0.850. The highest BCUT2D eigenvalue weighted by Crippen LogP contribution is 2.39. The number of benzene rings is 1. The Morgan fingerprint density at radius 2 is 1.87 bits per heavy atom. The summed E-state index contributed by atoms with van der Waals surface area (Å²) in [7, 11) is 1.51. The van der Waals surface area contributed by atoms with E-state index < -0.39 is 12.1 Å². The maximum atomic E-state index is 13.3. The fourth-order valence-corrected chi connectivity index (χ4v) is 5.79. The average molecular weight is 430 g/mol. The molecule has 0 spiro atoms. The summed E-state index contributed by atoms with van der Waals surface area (Å²) >= 11 is 0. The zero-order valence-corrected chi connectivity index (χ0v) is 19.7. The lowest BCUT2D eigenvalue weighted by molar-refractivity contribution is -0.128. The van der Waals surface area contributed by atoms with Crippen molar-refractivity contribution in [3.05, 3.63) is 35.9 Å². The normalized spacial score (nSPS) is 25.6. The molecule has 0 aromatic heterocycles. The summed E-state index contributed by atoms with van der Waals surface area (Å²) in [6.07, 6.45) is 1.83. The van der Waals surface area contributed by atoms with Crippen LogP contribution in [0.4, 0.5) is 4.79 Å². The third-order valence-corrected chi connectivity index (χ3v) is 6.97. The van der Waals surface area contributed by atoms with E-state index in [9.17, 15) is 14.7 Å². The van der Waals surface area contributed by atoms with Crippen LogP contribution in [0.25, 0.3) is 0 Å². The molecule has 6 heteroatoms. The third-order valence-electron chi connectivity index (χ3n) is 6.97. The van der Waals surface area contributed by atoms with Gasteiger partial charge in [-0.1, -0.05) is 58.0 Å². The lowest BCUT2D eigenvalue weighted by Gasteiger charge is -2.34. The summed E-state index contributed by atoms with van der Waals surface area (Å²) < 4.78 is 0. The molecule has 31 heavy (non-hydrogen) atoms. The van der Waals surface area contributed by atoms with Gasteiger partial charge in [-0.25, -0.2) is 4.79 Å². The molecule has 1 aliphatic carbocycles. The Balaban J connectivity index is 1.64. The molecule has 1 aromatic carbocycles. The van der Waals surface area contributed by atoms with Crippen molar-refractivity contribution in [3.63, 3.8) is 0 Å². The fourth-order valence-electron chi connectivity index (χ4n) is 5.79. The van der Waals surface area contributed by atoms with E-state index in [-0.39, 0.29) is 23.3 Å². The Morgan fingerprint density at radius 1 is 1.19 bits per heavy atom. The quantitative estimate of drug-likeness (QED) is 0.685. The molecule has 5 atom stereocenters. The molecule has 1 saturated heterocycles. The molecule has 1 aliphatic heterocycles. The Kier molecular flexibility index (Phi) is 7.30. The molecule has 3 rings (SSSR count). The summed E-state index contributed by atoms with van der Waals surface area (Å²) in [6, 6.07) is 9.98. The molecule has 2 amide bonds. The number of likely N-dealkylation sites (tertiary alicyclic amines) is 1. The van der Waals surface area contributed by atoms with Crippen molar-refractivity contribution in [1.29, 1.82) is 0 Å². The molecule has 1 aromatic rings. The smallest absolute Gasteiger partial charge is 0.407 e. The van der Waals surface area contributed by atoms with Crippen LogP contribution >= 0.6 is 0 Å².